The highest BCUT2D eigenvalue weighted by Crippen LogP contribution is 1.93. The number of aliphatic hydroxyl groups is 1. The van der Waals surface area contributed by atoms with E-state index in [1.807, 2.05) is 6.92 Å². The van der Waals surface area contributed by atoms with Crippen molar-refractivity contribution in [3.05, 3.63) is 0 Å². The Labute approximate surface area is 90.8 Å². The number of nitrogens with one attached hydrogen (secondary N) is 1. The molecule has 5 nitrogen and oxygen atoms in total. The SMILES string of the molecule is CCOC(=O)CC(C)NCCOCCO. The van der Waals surface area contributed by atoms with Crippen LogP contribution in [-0.2, 0) is 14.3 Å². The van der Waals surface area contributed by atoms with Gasteiger partial charge in [-0.2, -0.15) is 0 Å². The molecule has 15 heavy (non-hydrogen) atoms. The summed E-state index contributed by atoms with van der Waals surface area (Å²) in [5.41, 5.74) is 0. The third kappa shape index (κ3) is 9.65. The number of hydrogen-bond acceptors (Lipinski definition) is 5. The van der Waals surface area contributed by atoms with Crippen molar-refractivity contribution in [1.82, 2.24) is 5.32 Å². The number of ether oxygens (including phenoxy) is 2. The molecule has 0 rings (SSSR count). The van der Waals surface area contributed by atoms with Crippen molar-refractivity contribution < 1.29 is 19.4 Å². The van der Waals surface area contributed by atoms with Crippen LogP contribution in [0.2, 0.25) is 0 Å². The molecule has 1 atom stereocenters. The number of hydrogen-bond donors (Lipinski definition) is 2. The summed E-state index contributed by atoms with van der Waals surface area (Å²) >= 11 is 0. The zero-order valence-electron chi connectivity index (χ0n) is 9.49. The molecule has 5 heteroatoms. The zero-order valence-corrected chi connectivity index (χ0v) is 9.49. The van der Waals surface area contributed by atoms with Gasteiger partial charge in [-0.25, -0.2) is 0 Å². The van der Waals surface area contributed by atoms with Crippen molar-refractivity contribution in [2.75, 3.05) is 33.0 Å². The van der Waals surface area contributed by atoms with E-state index in [4.69, 9.17) is 14.6 Å². The van der Waals surface area contributed by atoms with Crippen molar-refractivity contribution in [3.63, 3.8) is 0 Å². The Bertz CT molecular complexity index is 164. The molecule has 0 radical (unpaired) electrons. The normalized spacial score (nSPS) is 12.5. The first-order valence-corrected chi connectivity index (χ1v) is 5.28. The molecule has 2 N–H and O–H groups in total. The molecule has 0 amide bonds. The van der Waals surface area contributed by atoms with Gasteiger partial charge in [-0.05, 0) is 13.8 Å². The predicted octanol–water partition coefficient (Wildman–Crippen LogP) is -0.0734. The van der Waals surface area contributed by atoms with Crippen molar-refractivity contribution in [3.8, 4) is 0 Å². The van der Waals surface area contributed by atoms with Crippen LogP contribution in [0, 0.1) is 0 Å². The van der Waals surface area contributed by atoms with Gasteiger partial charge in [-0.1, -0.05) is 0 Å². The summed E-state index contributed by atoms with van der Waals surface area (Å²) in [5.74, 6) is -0.186. The van der Waals surface area contributed by atoms with Crippen LogP contribution >= 0.6 is 0 Å². The minimum absolute atomic E-state index is 0.0401. The highest BCUT2D eigenvalue weighted by Gasteiger charge is 2.08. The Morgan fingerprint density at radius 1 is 1.47 bits per heavy atom. The second kappa shape index (κ2) is 9.89. The van der Waals surface area contributed by atoms with E-state index in [9.17, 15) is 4.79 Å². The molecule has 0 bridgehead atoms. The fourth-order valence-electron chi connectivity index (χ4n) is 1.09. The highest BCUT2D eigenvalue weighted by molar-refractivity contribution is 5.69. The van der Waals surface area contributed by atoms with Crippen LogP contribution in [-0.4, -0.2) is 50.1 Å². The third-order valence-corrected chi connectivity index (χ3v) is 1.75. The first kappa shape index (κ1) is 14.3. The fraction of sp³-hybridized carbons (Fsp3) is 0.900. The molecular formula is C10H21NO4. The lowest BCUT2D eigenvalue weighted by Gasteiger charge is -2.12. The summed E-state index contributed by atoms with van der Waals surface area (Å²) in [7, 11) is 0. The minimum atomic E-state index is -0.186. The van der Waals surface area contributed by atoms with Crippen LogP contribution in [0.5, 0.6) is 0 Å². The van der Waals surface area contributed by atoms with Crippen molar-refractivity contribution >= 4 is 5.97 Å². The summed E-state index contributed by atoms with van der Waals surface area (Å²) in [6.45, 7) is 5.73. The molecule has 0 aliphatic carbocycles. The third-order valence-electron chi connectivity index (χ3n) is 1.75. The van der Waals surface area contributed by atoms with E-state index < -0.39 is 0 Å². The zero-order chi connectivity index (χ0) is 11.5. The second-order valence-corrected chi connectivity index (χ2v) is 3.20. The van der Waals surface area contributed by atoms with Gasteiger partial charge in [0.2, 0.25) is 0 Å². The van der Waals surface area contributed by atoms with Crippen LogP contribution in [0.15, 0.2) is 0 Å². The molecule has 0 aliphatic heterocycles. The van der Waals surface area contributed by atoms with E-state index >= 15 is 0 Å². The second-order valence-electron chi connectivity index (χ2n) is 3.20. The Morgan fingerprint density at radius 2 is 2.20 bits per heavy atom. The topological polar surface area (TPSA) is 67.8 Å². The van der Waals surface area contributed by atoms with Crippen molar-refractivity contribution in [2.45, 2.75) is 26.3 Å². The van der Waals surface area contributed by atoms with Crippen molar-refractivity contribution in [2.24, 2.45) is 0 Å². The van der Waals surface area contributed by atoms with Gasteiger partial charge < -0.3 is 19.9 Å². The van der Waals surface area contributed by atoms with Crippen LogP contribution in [0.3, 0.4) is 0 Å². The summed E-state index contributed by atoms with van der Waals surface area (Å²) in [4.78, 5) is 11.1. The average Bonchev–Trinajstić information content (AvgIpc) is 2.17. The van der Waals surface area contributed by atoms with E-state index in [-0.39, 0.29) is 18.6 Å². The molecule has 0 aromatic carbocycles. The van der Waals surface area contributed by atoms with E-state index in [1.165, 1.54) is 0 Å². The van der Waals surface area contributed by atoms with Gasteiger partial charge >= 0.3 is 5.97 Å². The smallest absolute Gasteiger partial charge is 0.307 e. The average molecular weight is 219 g/mol. The highest BCUT2D eigenvalue weighted by atomic mass is 16.5. The molecule has 1 unspecified atom stereocenters. The first-order valence-electron chi connectivity index (χ1n) is 5.28. The standard InChI is InChI=1S/C10H21NO4/c1-3-15-10(13)8-9(2)11-4-6-14-7-5-12/h9,11-12H,3-8H2,1-2H3. The molecule has 0 spiro atoms. The number of esters is 1. The summed E-state index contributed by atoms with van der Waals surface area (Å²) in [5, 5.41) is 11.6. The largest absolute Gasteiger partial charge is 0.466 e. The maximum absolute atomic E-state index is 11.1. The monoisotopic (exact) mass is 219 g/mol. The lowest BCUT2D eigenvalue weighted by molar-refractivity contribution is -0.143. The van der Waals surface area contributed by atoms with E-state index in [1.54, 1.807) is 6.92 Å². The molecule has 0 aromatic rings. The van der Waals surface area contributed by atoms with E-state index in [2.05, 4.69) is 5.32 Å². The lowest BCUT2D eigenvalue weighted by Crippen LogP contribution is -2.32. The molecule has 0 saturated heterocycles. The number of rotatable bonds is 9. The van der Waals surface area contributed by atoms with E-state index in [0.717, 1.165) is 0 Å². The van der Waals surface area contributed by atoms with Crippen LogP contribution in [0.4, 0.5) is 0 Å². The molecule has 90 valence electrons. The Hall–Kier alpha value is -0.650. The van der Waals surface area contributed by atoms with Crippen molar-refractivity contribution in [1.29, 1.82) is 0 Å². The molecule has 0 heterocycles. The fourth-order valence-corrected chi connectivity index (χ4v) is 1.09. The summed E-state index contributed by atoms with van der Waals surface area (Å²) in [6.07, 6.45) is 0.369. The van der Waals surface area contributed by atoms with Gasteiger partial charge in [-0.15, -0.1) is 0 Å². The summed E-state index contributed by atoms with van der Waals surface area (Å²) in [6, 6.07) is 0.0850. The quantitative estimate of drug-likeness (QED) is 0.419. The number of carbonyl (C=O) groups excluding carboxylic acids is 1. The Balaban J connectivity index is 3.32. The molecule has 0 aliphatic rings. The Kier molecular flexibility index (Phi) is 9.46. The number of aliphatic hydroxyl groups excluding tert-OH is 1. The van der Waals surface area contributed by atoms with Gasteiger partial charge in [0.25, 0.3) is 0 Å². The lowest BCUT2D eigenvalue weighted by atomic mass is 10.2. The van der Waals surface area contributed by atoms with Crippen LogP contribution in [0.25, 0.3) is 0 Å². The van der Waals surface area contributed by atoms with Gasteiger partial charge in [-0.3, -0.25) is 4.79 Å². The Morgan fingerprint density at radius 3 is 2.80 bits per heavy atom. The van der Waals surface area contributed by atoms with Crippen LogP contribution < -0.4 is 5.32 Å². The molecule has 0 fully saturated rings. The van der Waals surface area contributed by atoms with Gasteiger partial charge in [0.1, 0.15) is 0 Å². The first-order chi connectivity index (χ1) is 7.20. The van der Waals surface area contributed by atoms with Gasteiger partial charge in [0, 0.05) is 12.6 Å². The van der Waals surface area contributed by atoms with Gasteiger partial charge in [0.15, 0.2) is 0 Å². The predicted molar refractivity (Wildman–Crippen MR) is 56.6 cm³/mol. The molecule has 0 aromatic heterocycles. The maximum atomic E-state index is 11.1. The summed E-state index contributed by atoms with van der Waals surface area (Å²) < 4.78 is 9.87. The maximum Gasteiger partial charge on any atom is 0.307 e. The van der Waals surface area contributed by atoms with E-state index in [0.29, 0.717) is 32.8 Å². The van der Waals surface area contributed by atoms with Gasteiger partial charge in [0.05, 0.1) is 32.8 Å². The molecule has 0 saturated carbocycles. The van der Waals surface area contributed by atoms with Crippen LogP contribution in [0.1, 0.15) is 20.3 Å². The minimum Gasteiger partial charge on any atom is -0.466 e. The molecular weight excluding hydrogens is 198 g/mol. The number of carbonyl (C=O) groups is 1.